The molecule has 0 aliphatic carbocycles. The van der Waals surface area contributed by atoms with Crippen molar-refractivity contribution in [2.45, 2.75) is 24.3 Å². The molecule has 1 heterocycles. The van der Waals surface area contributed by atoms with E-state index in [9.17, 15) is 27.2 Å². The van der Waals surface area contributed by atoms with Crippen molar-refractivity contribution in [2.75, 3.05) is 18.1 Å². The fraction of sp³-hybridized carbons (Fsp3) is 0.227. The Morgan fingerprint density at radius 1 is 1.19 bits per heavy atom. The molecule has 1 aliphatic heterocycles. The standard InChI is InChI=1S/C22H21FN2O6S/c1-3-13-24(32(29,30)18-11-7-16(23)8-12-18)19-14-20(26)25(21(19)27)17-9-5-15(6-10-17)22(28)31-4-2/h3,5-12,19H,1,4,13-14H2,2H3. The van der Waals surface area contributed by atoms with E-state index in [1.807, 2.05) is 0 Å². The van der Waals surface area contributed by atoms with Gasteiger partial charge in [-0.3, -0.25) is 9.59 Å². The fourth-order valence-corrected chi connectivity index (χ4v) is 4.89. The van der Waals surface area contributed by atoms with Gasteiger partial charge < -0.3 is 4.74 Å². The third-order valence-electron chi connectivity index (χ3n) is 4.84. The first-order valence-electron chi connectivity index (χ1n) is 9.73. The minimum Gasteiger partial charge on any atom is -0.462 e. The lowest BCUT2D eigenvalue weighted by atomic mass is 10.2. The van der Waals surface area contributed by atoms with Crippen molar-refractivity contribution in [1.29, 1.82) is 0 Å². The molecule has 1 unspecified atom stereocenters. The molecule has 0 aromatic heterocycles. The van der Waals surface area contributed by atoms with Gasteiger partial charge >= 0.3 is 5.97 Å². The van der Waals surface area contributed by atoms with Crippen LogP contribution in [0.3, 0.4) is 0 Å². The van der Waals surface area contributed by atoms with E-state index < -0.39 is 39.7 Å². The molecule has 0 spiro atoms. The van der Waals surface area contributed by atoms with Crippen LogP contribution in [0.15, 0.2) is 66.1 Å². The van der Waals surface area contributed by atoms with Crippen molar-refractivity contribution in [3.05, 3.63) is 72.6 Å². The number of sulfonamides is 1. The Bertz CT molecular complexity index is 1150. The van der Waals surface area contributed by atoms with Gasteiger partial charge in [-0.05, 0) is 55.5 Å². The fourth-order valence-electron chi connectivity index (χ4n) is 3.34. The predicted molar refractivity (Wildman–Crippen MR) is 114 cm³/mol. The maximum Gasteiger partial charge on any atom is 0.338 e. The molecule has 0 bridgehead atoms. The number of esters is 1. The lowest BCUT2D eigenvalue weighted by molar-refractivity contribution is -0.122. The lowest BCUT2D eigenvalue weighted by Gasteiger charge is -2.25. The minimum atomic E-state index is -4.22. The average molecular weight is 460 g/mol. The molecule has 32 heavy (non-hydrogen) atoms. The van der Waals surface area contributed by atoms with E-state index in [0.717, 1.165) is 33.5 Å². The largest absolute Gasteiger partial charge is 0.462 e. The highest BCUT2D eigenvalue weighted by Gasteiger charge is 2.46. The summed E-state index contributed by atoms with van der Waals surface area (Å²) in [6, 6.07) is 8.54. The van der Waals surface area contributed by atoms with Gasteiger partial charge in [-0.15, -0.1) is 6.58 Å². The molecule has 1 saturated heterocycles. The maximum atomic E-state index is 13.2. The van der Waals surface area contributed by atoms with E-state index >= 15 is 0 Å². The van der Waals surface area contributed by atoms with Crippen LogP contribution in [0.4, 0.5) is 10.1 Å². The van der Waals surface area contributed by atoms with Gasteiger partial charge in [0.2, 0.25) is 15.9 Å². The van der Waals surface area contributed by atoms with Crippen LogP contribution in [0.25, 0.3) is 0 Å². The zero-order chi connectivity index (χ0) is 23.5. The van der Waals surface area contributed by atoms with Crippen molar-refractivity contribution in [1.82, 2.24) is 4.31 Å². The number of ether oxygens (including phenoxy) is 1. The molecule has 8 nitrogen and oxygen atoms in total. The molecule has 10 heteroatoms. The van der Waals surface area contributed by atoms with E-state index in [-0.39, 0.29) is 35.7 Å². The first kappa shape index (κ1) is 23.3. The van der Waals surface area contributed by atoms with Crippen LogP contribution < -0.4 is 4.90 Å². The Kier molecular flexibility index (Phi) is 6.85. The molecule has 2 amide bonds. The maximum absolute atomic E-state index is 13.2. The Balaban J connectivity index is 1.91. The van der Waals surface area contributed by atoms with Crippen LogP contribution in [0.1, 0.15) is 23.7 Å². The van der Waals surface area contributed by atoms with Crippen molar-refractivity contribution >= 4 is 33.5 Å². The van der Waals surface area contributed by atoms with E-state index in [1.165, 1.54) is 30.3 Å². The number of halogens is 1. The molecule has 0 saturated carbocycles. The Labute approximate surface area is 184 Å². The smallest absolute Gasteiger partial charge is 0.338 e. The highest BCUT2D eigenvalue weighted by atomic mass is 32.2. The Morgan fingerprint density at radius 2 is 1.81 bits per heavy atom. The number of benzene rings is 2. The second-order valence-electron chi connectivity index (χ2n) is 6.87. The van der Waals surface area contributed by atoms with Crippen molar-refractivity contribution in [2.24, 2.45) is 0 Å². The summed E-state index contributed by atoms with van der Waals surface area (Å²) < 4.78 is 45.3. The third kappa shape index (κ3) is 4.46. The zero-order valence-corrected chi connectivity index (χ0v) is 18.0. The van der Waals surface area contributed by atoms with Crippen molar-refractivity contribution < 1.29 is 31.9 Å². The summed E-state index contributed by atoms with van der Waals surface area (Å²) in [6.07, 6.45) is 0.933. The molecule has 2 aromatic rings. The molecule has 3 rings (SSSR count). The monoisotopic (exact) mass is 460 g/mol. The molecule has 1 fully saturated rings. The molecule has 168 valence electrons. The lowest BCUT2D eigenvalue weighted by Crippen LogP contribution is -2.45. The van der Waals surface area contributed by atoms with Crippen molar-refractivity contribution in [3.8, 4) is 0 Å². The highest BCUT2D eigenvalue weighted by Crippen LogP contribution is 2.29. The molecule has 0 N–H and O–H groups in total. The topological polar surface area (TPSA) is 101 Å². The molecule has 1 atom stereocenters. The van der Waals surface area contributed by atoms with Gasteiger partial charge in [-0.2, -0.15) is 4.31 Å². The predicted octanol–water partition coefficient (Wildman–Crippen LogP) is 2.51. The molecular weight excluding hydrogens is 439 g/mol. The number of carbonyl (C=O) groups is 3. The average Bonchev–Trinajstić information content (AvgIpc) is 3.06. The molecule has 1 aliphatic rings. The number of hydrogen-bond acceptors (Lipinski definition) is 6. The van der Waals surface area contributed by atoms with Crippen LogP contribution in [-0.4, -0.2) is 49.7 Å². The third-order valence-corrected chi connectivity index (χ3v) is 6.73. The van der Waals surface area contributed by atoms with Gasteiger partial charge in [0, 0.05) is 6.54 Å². The summed E-state index contributed by atoms with van der Waals surface area (Å²) >= 11 is 0. The van der Waals surface area contributed by atoms with Crippen LogP contribution in [-0.2, 0) is 24.3 Å². The molecule has 0 radical (unpaired) electrons. The highest BCUT2D eigenvalue weighted by molar-refractivity contribution is 7.89. The molecular formula is C22H21FN2O6S. The number of anilines is 1. The van der Waals surface area contributed by atoms with E-state index in [1.54, 1.807) is 6.92 Å². The second kappa shape index (κ2) is 9.41. The van der Waals surface area contributed by atoms with E-state index in [0.29, 0.717) is 0 Å². The summed E-state index contributed by atoms with van der Waals surface area (Å²) in [5, 5.41) is 0. The van der Waals surface area contributed by atoms with Crippen molar-refractivity contribution in [3.63, 3.8) is 0 Å². The SMILES string of the molecule is C=CCN(C1CC(=O)N(c2ccc(C(=O)OCC)cc2)C1=O)S(=O)(=O)c1ccc(F)cc1. The first-order chi connectivity index (χ1) is 15.2. The van der Waals surface area contributed by atoms with Gasteiger partial charge in [-0.1, -0.05) is 6.08 Å². The van der Waals surface area contributed by atoms with Gasteiger partial charge in [0.1, 0.15) is 11.9 Å². The molecule has 2 aromatic carbocycles. The van der Waals surface area contributed by atoms with Gasteiger partial charge in [0.15, 0.2) is 0 Å². The number of hydrogen-bond donors (Lipinski definition) is 0. The number of nitrogens with zero attached hydrogens (tertiary/aromatic N) is 2. The summed E-state index contributed by atoms with van der Waals surface area (Å²) in [5.74, 6) is -2.47. The summed E-state index contributed by atoms with van der Waals surface area (Å²) in [5.41, 5.74) is 0.451. The Hall–Kier alpha value is -3.37. The first-order valence-corrected chi connectivity index (χ1v) is 11.2. The van der Waals surface area contributed by atoms with Gasteiger partial charge in [-0.25, -0.2) is 22.5 Å². The second-order valence-corrected chi connectivity index (χ2v) is 8.76. The quantitative estimate of drug-likeness (QED) is 0.341. The summed E-state index contributed by atoms with van der Waals surface area (Å²) in [4.78, 5) is 38.2. The van der Waals surface area contributed by atoms with Gasteiger partial charge in [0.05, 0.1) is 29.2 Å². The van der Waals surface area contributed by atoms with Gasteiger partial charge in [0.25, 0.3) is 5.91 Å². The van der Waals surface area contributed by atoms with Crippen LogP contribution in [0.5, 0.6) is 0 Å². The number of carbonyl (C=O) groups excluding carboxylic acids is 3. The number of amides is 2. The van der Waals surface area contributed by atoms with E-state index in [4.69, 9.17) is 4.74 Å². The summed E-state index contributed by atoms with van der Waals surface area (Å²) in [7, 11) is -4.22. The summed E-state index contributed by atoms with van der Waals surface area (Å²) in [6.45, 7) is 5.18. The van der Waals surface area contributed by atoms with Crippen LogP contribution >= 0.6 is 0 Å². The number of rotatable bonds is 8. The minimum absolute atomic E-state index is 0.201. The normalized spacial score (nSPS) is 16.5. The Morgan fingerprint density at radius 3 is 2.38 bits per heavy atom. The van der Waals surface area contributed by atoms with Crippen LogP contribution in [0, 0.1) is 5.82 Å². The van der Waals surface area contributed by atoms with Crippen LogP contribution in [0.2, 0.25) is 0 Å². The number of imide groups is 1. The zero-order valence-electron chi connectivity index (χ0n) is 17.2. The van der Waals surface area contributed by atoms with E-state index in [2.05, 4.69) is 6.58 Å².